The van der Waals surface area contributed by atoms with Gasteiger partial charge in [-0.1, -0.05) is 19.1 Å². The first kappa shape index (κ1) is 11.9. The highest BCUT2D eigenvalue weighted by atomic mass is 19.1. The molecule has 0 fully saturated rings. The summed E-state index contributed by atoms with van der Waals surface area (Å²) in [6, 6.07) is 8.55. The summed E-state index contributed by atoms with van der Waals surface area (Å²) in [6.45, 7) is 2.06. The van der Waals surface area contributed by atoms with Crippen molar-refractivity contribution < 1.29 is 8.81 Å². The zero-order valence-electron chi connectivity index (χ0n) is 10.0. The molecule has 2 aromatic rings. The van der Waals surface area contributed by atoms with Crippen LogP contribution in [0.4, 0.5) is 4.39 Å². The van der Waals surface area contributed by atoms with Crippen LogP contribution >= 0.6 is 0 Å². The molecule has 1 N–H and O–H groups in total. The second kappa shape index (κ2) is 5.15. The van der Waals surface area contributed by atoms with Crippen molar-refractivity contribution in [3.8, 4) is 0 Å². The highest BCUT2D eigenvalue weighted by molar-refractivity contribution is 5.33. The Morgan fingerprint density at radius 1 is 1.24 bits per heavy atom. The van der Waals surface area contributed by atoms with Gasteiger partial charge in [0, 0.05) is 12.0 Å². The van der Waals surface area contributed by atoms with Crippen molar-refractivity contribution in [1.82, 2.24) is 5.32 Å². The first-order valence-electron chi connectivity index (χ1n) is 5.75. The van der Waals surface area contributed by atoms with Gasteiger partial charge in [0.05, 0.1) is 12.3 Å². The van der Waals surface area contributed by atoms with Crippen LogP contribution in [-0.2, 0) is 6.42 Å². The smallest absolute Gasteiger partial charge is 0.123 e. The van der Waals surface area contributed by atoms with Crippen LogP contribution in [0.2, 0.25) is 0 Å². The molecule has 17 heavy (non-hydrogen) atoms. The van der Waals surface area contributed by atoms with E-state index in [2.05, 4.69) is 12.2 Å². The van der Waals surface area contributed by atoms with Gasteiger partial charge >= 0.3 is 0 Å². The van der Waals surface area contributed by atoms with Gasteiger partial charge < -0.3 is 9.73 Å². The predicted molar refractivity (Wildman–Crippen MR) is 65.4 cm³/mol. The molecule has 1 aromatic carbocycles. The Bertz CT molecular complexity index is 475. The lowest BCUT2D eigenvalue weighted by molar-refractivity contribution is 0.504. The summed E-state index contributed by atoms with van der Waals surface area (Å²) in [6.07, 6.45) is 2.55. The Hall–Kier alpha value is -1.61. The van der Waals surface area contributed by atoms with Gasteiger partial charge in [0.2, 0.25) is 0 Å². The van der Waals surface area contributed by atoms with Gasteiger partial charge in [-0.3, -0.25) is 0 Å². The number of nitrogens with one attached hydrogen (secondary N) is 1. The lowest BCUT2D eigenvalue weighted by atomic mass is 9.98. The molecular weight excluding hydrogens is 217 g/mol. The molecule has 0 amide bonds. The lowest BCUT2D eigenvalue weighted by Gasteiger charge is -2.16. The monoisotopic (exact) mass is 233 g/mol. The van der Waals surface area contributed by atoms with Crippen LogP contribution in [0.3, 0.4) is 0 Å². The third-order valence-corrected chi connectivity index (χ3v) is 2.90. The summed E-state index contributed by atoms with van der Waals surface area (Å²) in [7, 11) is 1.89. The van der Waals surface area contributed by atoms with Crippen molar-refractivity contribution in [2.75, 3.05) is 7.05 Å². The molecule has 1 aromatic heterocycles. The van der Waals surface area contributed by atoms with Crippen LogP contribution in [0.15, 0.2) is 41.0 Å². The molecule has 2 rings (SSSR count). The number of benzene rings is 1. The van der Waals surface area contributed by atoms with Gasteiger partial charge in [-0.05, 0) is 30.8 Å². The topological polar surface area (TPSA) is 25.2 Å². The maximum atomic E-state index is 12.9. The number of halogens is 1. The molecule has 0 spiro atoms. The van der Waals surface area contributed by atoms with Crippen molar-refractivity contribution in [2.24, 2.45) is 0 Å². The van der Waals surface area contributed by atoms with Crippen LogP contribution in [0.5, 0.6) is 0 Å². The fourth-order valence-electron chi connectivity index (χ4n) is 2.05. The van der Waals surface area contributed by atoms with Gasteiger partial charge in [0.1, 0.15) is 11.6 Å². The molecule has 0 saturated carbocycles. The molecule has 1 unspecified atom stereocenters. The summed E-state index contributed by atoms with van der Waals surface area (Å²) in [5.41, 5.74) is 2.15. The Kier molecular flexibility index (Phi) is 3.59. The average Bonchev–Trinajstić information content (AvgIpc) is 2.81. The van der Waals surface area contributed by atoms with Crippen LogP contribution in [0.1, 0.15) is 29.9 Å². The summed E-state index contributed by atoms with van der Waals surface area (Å²) >= 11 is 0. The molecule has 0 aliphatic rings. The summed E-state index contributed by atoms with van der Waals surface area (Å²) < 4.78 is 18.3. The van der Waals surface area contributed by atoms with Crippen LogP contribution < -0.4 is 5.32 Å². The van der Waals surface area contributed by atoms with Gasteiger partial charge in [-0.2, -0.15) is 0 Å². The maximum absolute atomic E-state index is 12.9. The van der Waals surface area contributed by atoms with E-state index in [0.717, 1.165) is 23.3 Å². The van der Waals surface area contributed by atoms with E-state index in [0.29, 0.717) is 0 Å². The molecule has 0 saturated heterocycles. The Morgan fingerprint density at radius 2 is 1.94 bits per heavy atom. The van der Waals surface area contributed by atoms with Gasteiger partial charge in [-0.15, -0.1) is 0 Å². The Labute approximate surface area is 100 Å². The van der Waals surface area contributed by atoms with Crippen LogP contribution in [-0.4, -0.2) is 7.05 Å². The summed E-state index contributed by atoms with van der Waals surface area (Å²) in [4.78, 5) is 0. The predicted octanol–water partition coefficient (Wildman–Crippen LogP) is 3.29. The van der Waals surface area contributed by atoms with Crippen molar-refractivity contribution in [1.29, 1.82) is 0 Å². The number of furan rings is 1. The maximum Gasteiger partial charge on any atom is 0.123 e. The minimum absolute atomic E-state index is 0.0456. The molecule has 1 atom stereocenters. The van der Waals surface area contributed by atoms with E-state index in [1.54, 1.807) is 18.4 Å². The highest BCUT2D eigenvalue weighted by Gasteiger charge is 2.17. The minimum Gasteiger partial charge on any atom is -0.469 e. The first-order chi connectivity index (χ1) is 8.26. The Morgan fingerprint density at radius 3 is 2.53 bits per heavy atom. The van der Waals surface area contributed by atoms with E-state index in [-0.39, 0.29) is 11.9 Å². The van der Waals surface area contributed by atoms with E-state index in [1.165, 1.54) is 12.1 Å². The number of hydrogen-bond acceptors (Lipinski definition) is 2. The van der Waals surface area contributed by atoms with E-state index in [1.807, 2.05) is 13.1 Å². The molecule has 0 aliphatic carbocycles. The van der Waals surface area contributed by atoms with E-state index in [4.69, 9.17) is 4.42 Å². The van der Waals surface area contributed by atoms with Crippen molar-refractivity contribution >= 4 is 0 Å². The fraction of sp³-hybridized carbons (Fsp3) is 0.286. The third-order valence-electron chi connectivity index (χ3n) is 2.90. The molecule has 90 valence electrons. The van der Waals surface area contributed by atoms with E-state index < -0.39 is 0 Å². The first-order valence-corrected chi connectivity index (χ1v) is 5.75. The average molecular weight is 233 g/mol. The van der Waals surface area contributed by atoms with E-state index in [9.17, 15) is 4.39 Å². The minimum atomic E-state index is -0.216. The zero-order valence-corrected chi connectivity index (χ0v) is 10.0. The van der Waals surface area contributed by atoms with Crippen molar-refractivity contribution in [3.63, 3.8) is 0 Å². The third kappa shape index (κ3) is 2.39. The molecule has 0 bridgehead atoms. The summed E-state index contributed by atoms with van der Waals surface area (Å²) in [5, 5.41) is 3.23. The normalized spacial score (nSPS) is 12.6. The fourth-order valence-corrected chi connectivity index (χ4v) is 2.05. The highest BCUT2D eigenvalue weighted by Crippen LogP contribution is 2.26. The van der Waals surface area contributed by atoms with Crippen molar-refractivity contribution in [3.05, 3.63) is 59.3 Å². The van der Waals surface area contributed by atoms with Crippen LogP contribution in [0, 0.1) is 5.82 Å². The lowest BCUT2D eigenvalue weighted by Crippen LogP contribution is -2.18. The van der Waals surface area contributed by atoms with Gasteiger partial charge in [-0.25, -0.2) is 4.39 Å². The molecule has 0 aliphatic heterocycles. The molecular formula is C14H16FNO. The van der Waals surface area contributed by atoms with Crippen LogP contribution in [0.25, 0.3) is 0 Å². The van der Waals surface area contributed by atoms with Gasteiger partial charge in [0.15, 0.2) is 0 Å². The second-order valence-corrected chi connectivity index (χ2v) is 3.93. The van der Waals surface area contributed by atoms with Crippen molar-refractivity contribution in [2.45, 2.75) is 19.4 Å². The van der Waals surface area contributed by atoms with E-state index >= 15 is 0 Å². The quantitative estimate of drug-likeness (QED) is 0.876. The Balaban J connectivity index is 2.36. The molecule has 3 heteroatoms. The SMILES string of the molecule is CCc1occc1C(NC)c1ccc(F)cc1. The largest absolute Gasteiger partial charge is 0.469 e. The number of aryl methyl sites for hydroxylation is 1. The number of hydrogen-bond donors (Lipinski definition) is 1. The second-order valence-electron chi connectivity index (χ2n) is 3.93. The van der Waals surface area contributed by atoms with Gasteiger partial charge in [0.25, 0.3) is 0 Å². The summed E-state index contributed by atoms with van der Waals surface area (Å²) in [5.74, 6) is 0.750. The zero-order chi connectivity index (χ0) is 12.3. The standard InChI is InChI=1S/C14H16FNO/c1-3-13-12(8-9-17-13)14(16-2)10-4-6-11(15)7-5-10/h4-9,14,16H,3H2,1-2H3. The number of rotatable bonds is 4. The molecule has 1 heterocycles. The molecule has 0 radical (unpaired) electrons. The molecule has 2 nitrogen and oxygen atoms in total.